The molecule has 0 aromatic heterocycles. The Kier molecular flexibility index (Phi) is 6.39. The largest absolute Gasteiger partial charge is 0.497 e. The highest BCUT2D eigenvalue weighted by atomic mass is 32.2. The van der Waals surface area contributed by atoms with E-state index in [4.69, 9.17) is 4.74 Å². The molecule has 32 heavy (non-hydrogen) atoms. The highest BCUT2D eigenvalue weighted by molar-refractivity contribution is 7.88. The molecule has 2 rings (SSSR count). The van der Waals surface area contributed by atoms with Gasteiger partial charge < -0.3 is 8.92 Å². The molecule has 4 nitrogen and oxygen atoms in total. The molecule has 0 saturated heterocycles. The quantitative estimate of drug-likeness (QED) is 0.365. The van der Waals surface area contributed by atoms with E-state index in [9.17, 15) is 52.3 Å². The Morgan fingerprint density at radius 3 is 1.78 bits per heavy atom. The summed E-state index contributed by atoms with van der Waals surface area (Å²) in [4.78, 5) is 0. The van der Waals surface area contributed by atoms with Gasteiger partial charge in [0.05, 0.1) is 12.7 Å². The van der Waals surface area contributed by atoms with E-state index in [1.807, 2.05) is 0 Å². The van der Waals surface area contributed by atoms with E-state index >= 15 is 0 Å². The van der Waals surface area contributed by atoms with Gasteiger partial charge in [-0.25, -0.2) is 4.39 Å². The molecule has 2 aromatic carbocycles. The van der Waals surface area contributed by atoms with Crippen molar-refractivity contribution in [2.45, 2.75) is 23.3 Å². The lowest BCUT2D eigenvalue weighted by Crippen LogP contribution is -2.63. The Labute approximate surface area is 173 Å². The van der Waals surface area contributed by atoms with E-state index in [-0.39, 0.29) is 11.3 Å². The van der Waals surface area contributed by atoms with E-state index in [1.54, 1.807) is 0 Å². The van der Waals surface area contributed by atoms with Gasteiger partial charge in [-0.2, -0.15) is 47.9 Å². The normalized spacial score (nSPS) is 13.7. The lowest BCUT2D eigenvalue weighted by molar-refractivity contribution is -0.382. The maximum Gasteiger partial charge on any atom is 0.460 e. The van der Waals surface area contributed by atoms with Gasteiger partial charge >= 0.3 is 33.4 Å². The molecule has 0 saturated carbocycles. The first-order valence-corrected chi connectivity index (χ1v) is 9.38. The number of halogens is 10. The number of hydrogen-bond acceptors (Lipinski definition) is 4. The third kappa shape index (κ3) is 4.04. The molecule has 0 unspecified atom stereocenters. The average molecular weight is 500 g/mol. The average Bonchev–Trinajstić information content (AvgIpc) is 2.66. The van der Waals surface area contributed by atoms with E-state index in [1.165, 1.54) is 19.2 Å². The minimum Gasteiger partial charge on any atom is -0.497 e. The molecule has 178 valence electrons. The molecule has 15 heteroatoms. The molecule has 0 aliphatic heterocycles. The monoisotopic (exact) mass is 500 g/mol. The standard InChI is InChI=1S/C17H10F10O4S/c1-30-10-7-5-9(6-8-10)13-11(18)3-2-4-12(13)31-32(28,29)17(26,27)15(21,22)14(19,20)16(23,24)25/h2-8H,1H3. The van der Waals surface area contributed by atoms with Crippen LogP contribution in [-0.2, 0) is 10.1 Å². The van der Waals surface area contributed by atoms with Gasteiger partial charge in [-0.1, -0.05) is 18.2 Å². The van der Waals surface area contributed by atoms with Gasteiger partial charge in [0.2, 0.25) is 0 Å². The van der Waals surface area contributed by atoms with Crippen molar-refractivity contribution in [2.75, 3.05) is 7.11 Å². The van der Waals surface area contributed by atoms with Gasteiger partial charge in [0.25, 0.3) is 0 Å². The maximum absolute atomic E-state index is 14.3. The zero-order chi connectivity index (χ0) is 24.8. The number of methoxy groups -OCH3 is 1. The van der Waals surface area contributed by atoms with Crippen LogP contribution in [0.5, 0.6) is 11.5 Å². The Morgan fingerprint density at radius 1 is 0.781 bits per heavy atom. The van der Waals surface area contributed by atoms with Crippen molar-refractivity contribution in [3.8, 4) is 22.6 Å². The molecule has 0 spiro atoms. The van der Waals surface area contributed by atoms with Crippen molar-refractivity contribution in [2.24, 2.45) is 0 Å². The molecule has 0 N–H and O–H groups in total. The lowest BCUT2D eigenvalue weighted by atomic mass is 10.0. The minimum absolute atomic E-state index is 0.209. The van der Waals surface area contributed by atoms with Crippen LogP contribution in [0.25, 0.3) is 11.1 Å². The fourth-order valence-electron chi connectivity index (χ4n) is 2.30. The molecule has 0 aliphatic rings. The van der Waals surface area contributed by atoms with Gasteiger partial charge in [0.15, 0.2) is 5.75 Å². The summed E-state index contributed by atoms with van der Waals surface area (Å²) in [7, 11) is -5.98. The lowest BCUT2D eigenvalue weighted by Gasteiger charge is -2.32. The predicted octanol–water partition coefficient (Wildman–Crippen LogP) is 5.64. The number of ether oxygens (including phenoxy) is 1. The van der Waals surface area contributed by atoms with Crippen molar-refractivity contribution in [3.05, 3.63) is 48.3 Å². The second-order valence-electron chi connectivity index (χ2n) is 6.04. The Morgan fingerprint density at radius 2 is 1.31 bits per heavy atom. The fraction of sp³-hybridized carbons (Fsp3) is 0.294. The summed E-state index contributed by atoms with van der Waals surface area (Å²) >= 11 is 0. The molecule has 0 radical (unpaired) electrons. The van der Waals surface area contributed by atoms with E-state index in [2.05, 4.69) is 4.18 Å². The van der Waals surface area contributed by atoms with Gasteiger partial charge in [0, 0.05) is 0 Å². The highest BCUT2D eigenvalue weighted by Gasteiger charge is 2.86. The van der Waals surface area contributed by atoms with E-state index in [0.29, 0.717) is 18.2 Å². The van der Waals surface area contributed by atoms with Gasteiger partial charge in [-0.15, -0.1) is 0 Å². The Hall–Kier alpha value is -2.71. The van der Waals surface area contributed by atoms with Crippen molar-refractivity contribution >= 4 is 10.1 Å². The number of rotatable bonds is 7. The first-order valence-electron chi connectivity index (χ1n) is 7.98. The molecule has 0 heterocycles. The van der Waals surface area contributed by atoms with Crippen LogP contribution in [0.1, 0.15) is 0 Å². The Bertz CT molecular complexity index is 1080. The predicted molar refractivity (Wildman–Crippen MR) is 88.8 cm³/mol. The fourth-order valence-corrected chi connectivity index (χ4v) is 3.22. The summed E-state index contributed by atoms with van der Waals surface area (Å²) in [6.07, 6.45) is -7.23. The maximum atomic E-state index is 14.3. The van der Waals surface area contributed by atoms with Crippen LogP contribution in [0.2, 0.25) is 0 Å². The first-order chi connectivity index (χ1) is 14.4. The van der Waals surface area contributed by atoms with Crippen LogP contribution in [0.3, 0.4) is 0 Å². The van der Waals surface area contributed by atoms with Gasteiger partial charge in [0.1, 0.15) is 11.6 Å². The molecule has 0 amide bonds. The highest BCUT2D eigenvalue weighted by Crippen LogP contribution is 2.55. The van der Waals surface area contributed by atoms with Crippen molar-refractivity contribution in [1.82, 2.24) is 0 Å². The molecular formula is C17H10F10O4S. The smallest absolute Gasteiger partial charge is 0.460 e. The molecule has 0 aliphatic carbocycles. The van der Waals surface area contributed by atoms with E-state index in [0.717, 1.165) is 12.1 Å². The van der Waals surface area contributed by atoms with Crippen LogP contribution >= 0.6 is 0 Å². The van der Waals surface area contributed by atoms with Crippen LogP contribution in [0, 0.1) is 5.82 Å². The SMILES string of the molecule is COc1ccc(-c2c(F)cccc2OS(=O)(=O)C(F)(F)C(F)(F)C(F)(F)C(F)(F)F)cc1. The minimum atomic E-state index is -7.48. The third-order valence-corrected chi connectivity index (χ3v) is 5.27. The summed E-state index contributed by atoms with van der Waals surface area (Å²) in [6.45, 7) is 0. The number of benzene rings is 2. The third-order valence-electron chi connectivity index (χ3n) is 3.98. The Balaban J connectivity index is 2.58. The number of hydrogen-bond donors (Lipinski definition) is 0. The summed E-state index contributed by atoms with van der Waals surface area (Å²) < 4.78 is 164. The number of alkyl halides is 9. The van der Waals surface area contributed by atoms with Crippen LogP contribution in [0.4, 0.5) is 43.9 Å². The summed E-state index contributed by atoms with van der Waals surface area (Å²) in [6, 6.07) is 6.41. The van der Waals surface area contributed by atoms with Crippen LogP contribution < -0.4 is 8.92 Å². The molecule has 0 fully saturated rings. The van der Waals surface area contributed by atoms with Crippen molar-refractivity contribution < 1.29 is 61.2 Å². The van der Waals surface area contributed by atoms with Gasteiger partial charge in [-0.05, 0) is 29.8 Å². The second-order valence-corrected chi connectivity index (χ2v) is 7.63. The van der Waals surface area contributed by atoms with Crippen LogP contribution in [0.15, 0.2) is 42.5 Å². The summed E-state index contributed by atoms with van der Waals surface area (Å²) in [5.41, 5.74) is -1.15. The molecule has 0 bridgehead atoms. The summed E-state index contributed by atoms with van der Waals surface area (Å²) in [5, 5.41) is -7.08. The molecular weight excluding hydrogens is 490 g/mol. The van der Waals surface area contributed by atoms with Crippen LogP contribution in [-0.4, -0.2) is 38.8 Å². The topological polar surface area (TPSA) is 52.6 Å². The van der Waals surface area contributed by atoms with Crippen molar-refractivity contribution in [1.29, 1.82) is 0 Å². The zero-order valence-corrected chi connectivity index (χ0v) is 16.2. The zero-order valence-electron chi connectivity index (χ0n) is 15.4. The van der Waals surface area contributed by atoms with Gasteiger partial charge in [-0.3, -0.25) is 0 Å². The molecule has 2 aromatic rings. The van der Waals surface area contributed by atoms with Crippen molar-refractivity contribution in [3.63, 3.8) is 0 Å². The van der Waals surface area contributed by atoms with E-state index < -0.39 is 50.5 Å². The second kappa shape index (κ2) is 8.01. The first kappa shape index (κ1) is 25.5. The summed E-state index contributed by atoms with van der Waals surface area (Å²) in [5.74, 6) is -17.4. The molecule has 0 atom stereocenters.